The zero-order valence-corrected chi connectivity index (χ0v) is 13.8. The smallest absolute Gasteiger partial charge is 0.408 e. The Balaban J connectivity index is 2.30. The molecule has 0 radical (unpaired) electrons. The molecule has 0 aliphatic carbocycles. The average molecular weight is 346 g/mol. The second-order valence-electron chi connectivity index (χ2n) is 6.35. The van der Waals surface area contributed by atoms with Crippen molar-refractivity contribution in [2.75, 3.05) is 6.54 Å². The molecule has 2 heterocycles. The summed E-state index contributed by atoms with van der Waals surface area (Å²) in [6, 6.07) is -0.780. The number of hydrogen-bond donors (Lipinski definition) is 1. The van der Waals surface area contributed by atoms with Crippen LogP contribution in [0.15, 0.2) is 16.7 Å². The number of halogens is 3. The van der Waals surface area contributed by atoms with Crippen LogP contribution in [-0.2, 0) is 4.79 Å². The Bertz CT molecular complexity index is 610. The van der Waals surface area contributed by atoms with Crippen LogP contribution in [0.2, 0.25) is 0 Å². The third-order valence-corrected chi connectivity index (χ3v) is 4.14. The maximum Gasteiger partial charge on any atom is 0.408 e. The first-order chi connectivity index (χ1) is 11.1. The van der Waals surface area contributed by atoms with Crippen LogP contribution in [0.25, 0.3) is 0 Å². The minimum Gasteiger partial charge on any atom is -0.459 e. The molecule has 2 rings (SSSR count). The van der Waals surface area contributed by atoms with Crippen molar-refractivity contribution in [2.45, 2.75) is 57.8 Å². The number of amides is 2. The van der Waals surface area contributed by atoms with Crippen molar-refractivity contribution in [2.24, 2.45) is 0 Å². The van der Waals surface area contributed by atoms with Crippen LogP contribution >= 0.6 is 0 Å². The summed E-state index contributed by atoms with van der Waals surface area (Å²) in [5, 5.41) is 2.59. The van der Waals surface area contributed by atoms with Gasteiger partial charge < -0.3 is 14.6 Å². The first-order valence-electron chi connectivity index (χ1n) is 7.83. The topological polar surface area (TPSA) is 62.6 Å². The van der Waals surface area contributed by atoms with Crippen LogP contribution in [-0.4, -0.2) is 41.5 Å². The van der Waals surface area contributed by atoms with Gasteiger partial charge in [-0.3, -0.25) is 9.59 Å². The Kier molecular flexibility index (Phi) is 5.25. The van der Waals surface area contributed by atoms with Gasteiger partial charge in [0, 0.05) is 25.1 Å². The number of nitrogens with zero attached hydrogens (tertiary/aromatic N) is 1. The molecule has 5 nitrogen and oxygen atoms in total. The quantitative estimate of drug-likeness (QED) is 0.915. The molecule has 0 saturated carbocycles. The van der Waals surface area contributed by atoms with Crippen molar-refractivity contribution < 1.29 is 27.2 Å². The van der Waals surface area contributed by atoms with Crippen LogP contribution in [0.1, 0.15) is 55.6 Å². The highest BCUT2D eigenvalue weighted by atomic mass is 19.4. The summed E-state index contributed by atoms with van der Waals surface area (Å²) in [6.07, 6.45) is -3.30. The second-order valence-corrected chi connectivity index (χ2v) is 6.35. The van der Waals surface area contributed by atoms with Crippen LogP contribution in [0.3, 0.4) is 0 Å². The van der Waals surface area contributed by atoms with Gasteiger partial charge in [-0.1, -0.05) is 13.8 Å². The van der Waals surface area contributed by atoms with E-state index in [4.69, 9.17) is 4.42 Å². The number of nitrogens with one attached hydrogen (secondary N) is 1. The second kappa shape index (κ2) is 6.86. The summed E-state index contributed by atoms with van der Waals surface area (Å²) in [6.45, 7) is 4.77. The van der Waals surface area contributed by atoms with Gasteiger partial charge in [-0.05, 0) is 24.8 Å². The molecule has 0 aromatic carbocycles. The van der Waals surface area contributed by atoms with Crippen molar-refractivity contribution in [3.8, 4) is 0 Å². The Labute approximate surface area is 138 Å². The van der Waals surface area contributed by atoms with Crippen molar-refractivity contribution in [3.05, 3.63) is 23.7 Å². The molecule has 8 heteroatoms. The molecular formula is C16H21F3N2O3. The zero-order chi connectivity index (χ0) is 18.1. The molecule has 1 aliphatic rings. The summed E-state index contributed by atoms with van der Waals surface area (Å²) in [4.78, 5) is 24.7. The van der Waals surface area contributed by atoms with Crippen LogP contribution < -0.4 is 5.32 Å². The van der Waals surface area contributed by atoms with Crippen molar-refractivity contribution in [3.63, 3.8) is 0 Å². The highest BCUT2D eigenvalue weighted by Gasteiger charge is 2.49. The monoisotopic (exact) mass is 346 g/mol. The SMILES string of the molecule is CC(=O)N[C@H]1CC[C@H](C(F)(F)F)N(C(=O)c2occc2C(C)C)C1. The average Bonchev–Trinajstić information content (AvgIpc) is 2.94. The van der Waals surface area contributed by atoms with Crippen LogP contribution in [0, 0.1) is 0 Å². The number of rotatable bonds is 3. The number of likely N-dealkylation sites (tertiary alicyclic amines) is 1. The molecule has 1 saturated heterocycles. The van der Waals surface area contributed by atoms with Gasteiger partial charge in [0.05, 0.1) is 6.26 Å². The van der Waals surface area contributed by atoms with Crippen LogP contribution in [0.4, 0.5) is 13.2 Å². The van der Waals surface area contributed by atoms with E-state index in [1.807, 2.05) is 13.8 Å². The highest BCUT2D eigenvalue weighted by molar-refractivity contribution is 5.93. The molecule has 2 amide bonds. The number of carbonyl (C=O) groups is 2. The largest absolute Gasteiger partial charge is 0.459 e. The van der Waals surface area contributed by atoms with E-state index < -0.39 is 24.2 Å². The normalized spacial score (nSPS) is 21.9. The van der Waals surface area contributed by atoms with E-state index in [-0.39, 0.29) is 37.0 Å². The first kappa shape index (κ1) is 18.4. The van der Waals surface area contributed by atoms with E-state index in [0.717, 1.165) is 4.90 Å². The predicted molar refractivity (Wildman–Crippen MR) is 80.5 cm³/mol. The minimum atomic E-state index is -4.53. The molecule has 1 aromatic heterocycles. The molecular weight excluding hydrogens is 325 g/mol. The Morgan fingerprint density at radius 2 is 2.00 bits per heavy atom. The summed E-state index contributed by atoms with van der Waals surface area (Å²) < 4.78 is 45.2. The van der Waals surface area contributed by atoms with E-state index in [1.165, 1.54) is 13.2 Å². The molecule has 1 aromatic rings. The molecule has 1 N–H and O–H groups in total. The van der Waals surface area contributed by atoms with E-state index in [9.17, 15) is 22.8 Å². The van der Waals surface area contributed by atoms with E-state index in [2.05, 4.69) is 5.32 Å². The molecule has 1 aliphatic heterocycles. The fourth-order valence-electron chi connectivity index (χ4n) is 3.02. The van der Waals surface area contributed by atoms with Gasteiger partial charge in [-0.25, -0.2) is 0 Å². The van der Waals surface area contributed by atoms with Crippen molar-refractivity contribution in [1.29, 1.82) is 0 Å². The lowest BCUT2D eigenvalue weighted by molar-refractivity contribution is -0.184. The van der Waals surface area contributed by atoms with E-state index in [1.54, 1.807) is 6.07 Å². The maximum atomic E-state index is 13.3. The molecule has 134 valence electrons. The number of alkyl halides is 3. The lowest BCUT2D eigenvalue weighted by atomic mass is 9.96. The first-order valence-corrected chi connectivity index (χ1v) is 7.83. The van der Waals surface area contributed by atoms with Gasteiger partial charge in [0.15, 0.2) is 5.76 Å². The molecule has 2 atom stereocenters. The van der Waals surface area contributed by atoms with E-state index >= 15 is 0 Å². The van der Waals surface area contributed by atoms with Gasteiger partial charge in [-0.15, -0.1) is 0 Å². The molecule has 24 heavy (non-hydrogen) atoms. The number of hydrogen-bond acceptors (Lipinski definition) is 3. The zero-order valence-electron chi connectivity index (χ0n) is 13.8. The summed E-state index contributed by atoms with van der Waals surface area (Å²) in [5.74, 6) is -1.24. The molecule has 0 bridgehead atoms. The van der Waals surface area contributed by atoms with Gasteiger partial charge in [-0.2, -0.15) is 13.2 Å². The Morgan fingerprint density at radius 1 is 1.33 bits per heavy atom. The van der Waals surface area contributed by atoms with E-state index in [0.29, 0.717) is 5.56 Å². The number of piperidine rings is 1. The molecule has 0 spiro atoms. The minimum absolute atomic E-state index is 0.0528. The standard InChI is InChI=1S/C16H21F3N2O3/c1-9(2)12-6-7-24-14(12)15(23)21-8-11(20-10(3)22)4-5-13(21)16(17,18)19/h6-7,9,11,13H,4-5,8H2,1-3H3,(H,20,22)/t11-,13+/m0/s1. The third-order valence-electron chi connectivity index (χ3n) is 4.14. The summed E-state index contributed by atoms with van der Waals surface area (Å²) in [7, 11) is 0. The fraction of sp³-hybridized carbons (Fsp3) is 0.625. The fourth-order valence-corrected chi connectivity index (χ4v) is 3.02. The Hall–Kier alpha value is -1.99. The number of carbonyl (C=O) groups excluding carboxylic acids is 2. The maximum absolute atomic E-state index is 13.3. The molecule has 1 fully saturated rings. The summed E-state index contributed by atoms with van der Waals surface area (Å²) >= 11 is 0. The van der Waals surface area contributed by atoms with Gasteiger partial charge >= 0.3 is 6.18 Å². The van der Waals surface area contributed by atoms with Crippen LogP contribution in [0.5, 0.6) is 0 Å². The molecule has 0 unspecified atom stereocenters. The van der Waals surface area contributed by atoms with Crippen molar-refractivity contribution >= 4 is 11.8 Å². The number of furan rings is 1. The highest BCUT2D eigenvalue weighted by Crippen LogP contribution is 2.34. The Morgan fingerprint density at radius 3 is 2.54 bits per heavy atom. The van der Waals surface area contributed by atoms with Gasteiger partial charge in [0.25, 0.3) is 5.91 Å². The third kappa shape index (κ3) is 3.91. The van der Waals surface area contributed by atoms with Crippen molar-refractivity contribution in [1.82, 2.24) is 10.2 Å². The predicted octanol–water partition coefficient (Wildman–Crippen LogP) is 3.07. The lowest BCUT2D eigenvalue weighted by Gasteiger charge is -2.40. The van der Waals surface area contributed by atoms with Gasteiger partial charge in [0.1, 0.15) is 6.04 Å². The van der Waals surface area contributed by atoms with Gasteiger partial charge in [0.2, 0.25) is 5.91 Å². The lowest BCUT2D eigenvalue weighted by Crippen LogP contribution is -2.58. The summed E-state index contributed by atoms with van der Waals surface area (Å²) in [5.41, 5.74) is 0.572.